The molecule has 0 fully saturated rings. The number of aldehydes is 1. The second-order valence-corrected chi connectivity index (χ2v) is 3.27. The van der Waals surface area contributed by atoms with Crippen molar-refractivity contribution in [3.8, 4) is 11.5 Å². The SMILES string of the molecule is CNC(=O)CCOc1c(C=O)cccc1OC. The number of carbonyl (C=O) groups excluding carboxylic acids is 2. The number of ether oxygens (including phenoxy) is 2. The van der Waals surface area contributed by atoms with Gasteiger partial charge in [0.2, 0.25) is 5.91 Å². The van der Waals surface area contributed by atoms with Crippen molar-refractivity contribution in [3.63, 3.8) is 0 Å². The Kier molecular flexibility index (Phi) is 5.00. The Bertz CT molecular complexity index is 403. The maximum Gasteiger partial charge on any atom is 0.223 e. The van der Waals surface area contributed by atoms with Crippen molar-refractivity contribution in [1.29, 1.82) is 0 Å². The first-order chi connectivity index (χ1) is 8.22. The van der Waals surface area contributed by atoms with Gasteiger partial charge in [0, 0.05) is 7.05 Å². The third kappa shape index (κ3) is 3.48. The van der Waals surface area contributed by atoms with Crippen LogP contribution in [0.4, 0.5) is 0 Å². The molecule has 5 heteroatoms. The summed E-state index contributed by atoms with van der Waals surface area (Å²) in [4.78, 5) is 21.9. The zero-order chi connectivity index (χ0) is 12.7. The Morgan fingerprint density at radius 2 is 2.24 bits per heavy atom. The van der Waals surface area contributed by atoms with E-state index in [1.165, 1.54) is 7.11 Å². The van der Waals surface area contributed by atoms with E-state index in [1.54, 1.807) is 25.2 Å². The van der Waals surface area contributed by atoms with Crippen LogP contribution in [0, 0.1) is 0 Å². The fraction of sp³-hybridized carbons (Fsp3) is 0.333. The Hall–Kier alpha value is -2.04. The zero-order valence-corrected chi connectivity index (χ0v) is 9.86. The molecule has 0 aromatic heterocycles. The van der Waals surface area contributed by atoms with Crippen LogP contribution in [-0.2, 0) is 4.79 Å². The monoisotopic (exact) mass is 237 g/mol. The van der Waals surface area contributed by atoms with Crippen LogP contribution >= 0.6 is 0 Å². The summed E-state index contributed by atoms with van der Waals surface area (Å²) in [5, 5.41) is 2.49. The first kappa shape index (κ1) is 13.0. The lowest BCUT2D eigenvalue weighted by atomic mass is 10.2. The molecule has 1 N–H and O–H groups in total. The van der Waals surface area contributed by atoms with Crippen molar-refractivity contribution in [1.82, 2.24) is 5.32 Å². The standard InChI is InChI=1S/C12H15NO4/c1-13-11(15)6-7-17-12-9(8-14)4-3-5-10(12)16-2/h3-5,8H,6-7H2,1-2H3,(H,13,15). The van der Waals surface area contributed by atoms with Crippen LogP contribution in [-0.4, -0.2) is 33.0 Å². The van der Waals surface area contributed by atoms with E-state index in [2.05, 4.69) is 5.32 Å². The molecular weight excluding hydrogens is 222 g/mol. The Labute approximate surface area is 99.7 Å². The molecule has 0 bridgehead atoms. The second-order valence-electron chi connectivity index (χ2n) is 3.27. The molecule has 0 saturated carbocycles. The molecule has 0 aliphatic carbocycles. The number of carbonyl (C=O) groups is 2. The lowest BCUT2D eigenvalue weighted by Gasteiger charge is -2.11. The van der Waals surface area contributed by atoms with Gasteiger partial charge in [-0.2, -0.15) is 0 Å². The van der Waals surface area contributed by atoms with Gasteiger partial charge < -0.3 is 14.8 Å². The van der Waals surface area contributed by atoms with E-state index in [9.17, 15) is 9.59 Å². The number of rotatable bonds is 6. The van der Waals surface area contributed by atoms with Gasteiger partial charge in [-0.3, -0.25) is 9.59 Å². The molecule has 17 heavy (non-hydrogen) atoms. The number of hydrogen-bond acceptors (Lipinski definition) is 4. The van der Waals surface area contributed by atoms with Crippen molar-refractivity contribution < 1.29 is 19.1 Å². The number of nitrogens with one attached hydrogen (secondary N) is 1. The first-order valence-corrected chi connectivity index (χ1v) is 5.18. The van der Waals surface area contributed by atoms with Gasteiger partial charge in [0.15, 0.2) is 17.8 Å². The van der Waals surface area contributed by atoms with Gasteiger partial charge in [0.1, 0.15) is 0 Å². The highest BCUT2D eigenvalue weighted by molar-refractivity contribution is 5.81. The molecule has 5 nitrogen and oxygen atoms in total. The predicted octanol–water partition coefficient (Wildman–Crippen LogP) is 1.02. The number of hydrogen-bond donors (Lipinski definition) is 1. The number of methoxy groups -OCH3 is 1. The average molecular weight is 237 g/mol. The van der Waals surface area contributed by atoms with E-state index in [-0.39, 0.29) is 18.9 Å². The molecule has 0 aliphatic heterocycles. The molecule has 0 atom stereocenters. The lowest BCUT2D eigenvalue weighted by Crippen LogP contribution is -2.20. The summed E-state index contributed by atoms with van der Waals surface area (Å²) >= 11 is 0. The Balaban J connectivity index is 2.74. The van der Waals surface area contributed by atoms with Crippen LogP contribution in [0.1, 0.15) is 16.8 Å². The molecule has 0 saturated heterocycles. The summed E-state index contributed by atoms with van der Waals surface area (Å²) in [6.07, 6.45) is 0.921. The van der Waals surface area contributed by atoms with Gasteiger partial charge in [0.05, 0.1) is 25.7 Å². The Morgan fingerprint density at radius 1 is 1.47 bits per heavy atom. The average Bonchev–Trinajstić information content (AvgIpc) is 2.38. The van der Waals surface area contributed by atoms with Crippen LogP contribution in [0.5, 0.6) is 11.5 Å². The molecule has 0 radical (unpaired) electrons. The van der Waals surface area contributed by atoms with Crippen molar-refractivity contribution in [2.45, 2.75) is 6.42 Å². The molecule has 0 unspecified atom stereocenters. The molecule has 0 heterocycles. The first-order valence-electron chi connectivity index (χ1n) is 5.18. The van der Waals surface area contributed by atoms with Gasteiger partial charge in [-0.15, -0.1) is 0 Å². The van der Waals surface area contributed by atoms with Gasteiger partial charge in [-0.05, 0) is 12.1 Å². The zero-order valence-electron chi connectivity index (χ0n) is 9.86. The van der Waals surface area contributed by atoms with E-state index in [4.69, 9.17) is 9.47 Å². The summed E-state index contributed by atoms with van der Waals surface area (Å²) in [5.74, 6) is 0.730. The summed E-state index contributed by atoms with van der Waals surface area (Å²) in [7, 11) is 3.05. The van der Waals surface area contributed by atoms with Gasteiger partial charge in [0.25, 0.3) is 0 Å². The van der Waals surface area contributed by atoms with E-state index in [1.807, 2.05) is 0 Å². The second kappa shape index (κ2) is 6.52. The molecule has 1 aromatic rings. The molecule has 0 spiro atoms. The smallest absolute Gasteiger partial charge is 0.223 e. The molecule has 0 aliphatic rings. The van der Waals surface area contributed by atoms with Crippen molar-refractivity contribution >= 4 is 12.2 Å². The predicted molar refractivity (Wildman–Crippen MR) is 62.6 cm³/mol. The minimum atomic E-state index is -0.118. The molecule has 92 valence electrons. The highest BCUT2D eigenvalue weighted by atomic mass is 16.5. The van der Waals surface area contributed by atoms with Crippen LogP contribution in [0.2, 0.25) is 0 Å². The molecule has 1 amide bonds. The van der Waals surface area contributed by atoms with Crippen LogP contribution < -0.4 is 14.8 Å². The van der Waals surface area contributed by atoms with E-state index in [0.717, 1.165) is 0 Å². The normalized spacial score (nSPS) is 9.53. The van der Waals surface area contributed by atoms with Gasteiger partial charge in [-0.1, -0.05) is 6.07 Å². The third-order valence-corrected chi connectivity index (χ3v) is 2.21. The quantitative estimate of drug-likeness (QED) is 0.750. The van der Waals surface area contributed by atoms with Crippen LogP contribution in [0.15, 0.2) is 18.2 Å². The number of amides is 1. The largest absolute Gasteiger partial charge is 0.493 e. The van der Waals surface area contributed by atoms with E-state index < -0.39 is 0 Å². The number of para-hydroxylation sites is 1. The van der Waals surface area contributed by atoms with Gasteiger partial charge >= 0.3 is 0 Å². The fourth-order valence-corrected chi connectivity index (χ4v) is 1.31. The minimum Gasteiger partial charge on any atom is -0.493 e. The number of benzene rings is 1. The summed E-state index contributed by atoms with van der Waals surface area (Å²) in [6, 6.07) is 5.03. The lowest BCUT2D eigenvalue weighted by molar-refractivity contribution is -0.121. The maximum atomic E-state index is 11.0. The van der Waals surface area contributed by atoms with Crippen LogP contribution in [0.25, 0.3) is 0 Å². The molecule has 1 aromatic carbocycles. The van der Waals surface area contributed by atoms with Crippen molar-refractivity contribution in [2.24, 2.45) is 0 Å². The van der Waals surface area contributed by atoms with Crippen LogP contribution in [0.3, 0.4) is 0 Å². The fourth-order valence-electron chi connectivity index (χ4n) is 1.31. The summed E-state index contributed by atoms with van der Waals surface area (Å²) in [6.45, 7) is 0.195. The highest BCUT2D eigenvalue weighted by Crippen LogP contribution is 2.29. The summed E-state index contributed by atoms with van der Waals surface area (Å²) < 4.78 is 10.5. The van der Waals surface area contributed by atoms with Gasteiger partial charge in [-0.25, -0.2) is 0 Å². The maximum absolute atomic E-state index is 11.0. The van der Waals surface area contributed by atoms with E-state index >= 15 is 0 Å². The van der Waals surface area contributed by atoms with E-state index in [0.29, 0.717) is 23.3 Å². The topological polar surface area (TPSA) is 64.6 Å². The third-order valence-electron chi connectivity index (χ3n) is 2.21. The van der Waals surface area contributed by atoms with Crippen molar-refractivity contribution in [3.05, 3.63) is 23.8 Å². The highest BCUT2D eigenvalue weighted by Gasteiger charge is 2.10. The van der Waals surface area contributed by atoms with Crippen molar-refractivity contribution in [2.75, 3.05) is 20.8 Å². The Morgan fingerprint density at radius 3 is 2.82 bits per heavy atom. The molecular formula is C12H15NO4. The molecule has 1 rings (SSSR count). The summed E-state index contributed by atoms with van der Waals surface area (Å²) in [5.41, 5.74) is 0.404. The minimum absolute atomic E-state index is 0.118.